The van der Waals surface area contributed by atoms with Crippen molar-refractivity contribution in [1.82, 2.24) is 9.78 Å². The van der Waals surface area contributed by atoms with Crippen molar-refractivity contribution in [3.8, 4) is 0 Å². The summed E-state index contributed by atoms with van der Waals surface area (Å²) in [5.74, 6) is 1.83. The van der Waals surface area contributed by atoms with Crippen LogP contribution in [0, 0.1) is 12.8 Å². The van der Waals surface area contributed by atoms with E-state index in [2.05, 4.69) is 16.9 Å². The molecule has 1 aliphatic rings. The number of ether oxygens (including phenoxy) is 1. The predicted molar refractivity (Wildman–Crippen MR) is 73.9 cm³/mol. The number of aryl methyl sites for hydroxylation is 2. The Kier molecular flexibility index (Phi) is 4.11. The number of anilines is 2. The number of nitrogens with two attached hydrogens (primary N) is 1. The fourth-order valence-corrected chi connectivity index (χ4v) is 2.05. The first kappa shape index (κ1) is 13.2. The fraction of sp³-hybridized carbons (Fsp3) is 0.769. The number of nitrogen functional groups attached to an aromatic ring is 1. The van der Waals surface area contributed by atoms with Gasteiger partial charge in [-0.25, -0.2) is 4.68 Å². The van der Waals surface area contributed by atoms with Crippen molar-refractivity contribution < 1.29 is 4.74 Å². The Balaban J connectivity index is 1.88. The number of nitrogens with zero attached hydrogens (tertiary/aromatic N) is 3. The summed E-state index contributed by atoms with van der Waals surface area (Å²) in [5.41, 5.74) is 7.76. The Bertz CT molecular complexity index is 398. The number of aromatic nitrogens is 2. The van der Waals surface area contributed by atoms with Gasteiger partial charge in [0, 0.05) is 26.7 Å². The molecular weight excluding hydrogens is 228 g/mol. The van der Waals surface area contributed by atoms with Crippen molar-refractivity contribution >= 4 is 11.5 Å². The van der Waals surface area contributed by atoms with Gasteiger partial charge in [-0.2, -0.15) is 5.10 Å². The maximum absolute atomic E-state index is 6.08. The van der Waals surface area contributed by atoms with Gasteiger partial charge in [0.05, 0.1) is 18.0 Å². The highest BCUT2D eigenvalue weighted by molar-refractivity contribution is 5.65. The lowest BCUT2D eigenvalue weighted by Crippen LogP contribution is -2.26. The summed E-state index contributed by atoms with van der Waals surface area (Å²) in [7, 11) is 2.04. The number of likely N-dealkylation sites (N-methyl/N-ethyl adjacent to an activating group) is 1. The first-order valence-corrected chi connectivity index (χ1v) is 6.75. The van der Waals surface area contributed by atoms with Gasteiger partial charge in [0.1, 0.15) is 5.82 Å². The summed E-state index contributed by atoms with van der Waals surface area (Å²) in [6.07, 6.45) is 2.68. The molecule has 1 aliphatic carbocycles. The minimum absolute atomic E-state index is 0.750. The number of hydrogen-bond acceptors (Lipinski definition) is 4. The molecule has 0 unspecified atom stereocenters. The molecule has 102 valence electrons. The van der Waals surface area contributed by atoms with E-state index in [-0.39, 0.29) is 0 Å². The van der Waals surface area contributed by atoms with Crippen LogP contribution < -0.4 is 10.6 Å². The molecule has 5 nitrogen and oxygen atoms in total. The van der Waals surface area contributed by atoms with Gasteiger partial charge in [-0.3, -0.25) is 0 Å². The molecule has 1 saturated carbocycles. The lowest BCUT2D eigenvalue weighted by molar-refractivity contribution is 0.130. The smallest absolute Gasteiger partial charge is 0.150 e. The minimum Gasteiger partial charge on any atom is -0.394 e. The Morgan fingerprint density at radius 3 is 2.83 bits per heavy atom. The van der Waals surface area contributed by atoms with E-state index < -0.39 is 0 Å². The maximum atomic E-state index is 6.08. The monoisotopic (exact) mass is 252 g/mol. The molecule has 0 bridgehead atoms. The molecular formula is C13H24N4O. The molecule has 0 amide bonds. The average Bonchev–Trinajstić information content (AvgIpc) is 3.12. The van der Waals surface area contributed by atoms with Crippen LogP contribution in [0.3, 0.4) is 0 Å². The van der Waals surface area contributed by atoms with Crippen molar-refractivity contribution in [2.75, 3.05) is 37.4 Å². The molecule has 0 radical (unpaired) electrons. The molecule has 5 heteroatoms. The van der Waals surface area contributed by atoms with Crippen molar-refractivity contribution in [3.63, 3.8) is 0 Å². The molecule has 0 spiro atoms. The summed E-state index contributed by atoms with van der Waals surface area (Å²) < 4.78 is 7.61. The van der Waals surface area contributed by atoms with Crippen LogP contribution in [-0.4, -0.2) is 36.6 Å². The highest BCUT2D eigenvalue weighted by Crippen LogP contribution is 2.29. The largest absolute Gasteiger partial charge is 0.394 e. The summed E-state index contributed by atoms with van der Waals surface area (Å²) in [6, 6.07) is 0. The Morgan fingerprint density at radius 1 is 1.50 bits per heavy atom. The predicted octanol–water partition coefficient (Wildman–Crippen LogP) is 1.66. The molecule has 0 aliphatic heterocycles. The molecule has 1 aromatic rings. The van der Waals surface area contributed by atoms with Gasteiger partial charge in [-0.1, -0.05) is 0 Å². The first-order chi connectivity index (χ1) is 8.63. The minimum atomic E-state index is 0.750. The van der Waals surface area contributed by atoms with Gasteiger partial charge in [0.25, 0.3) is 0 Å². The van der Waals surface area contributed by atoms with E-state index in [4.69, 9.17) is 10.5 Å². The molecule has 1 fully saturated rings. The van der Waals surface area contributed by atoms with Gasteiger partial charge in [-0.15, -0.1) is 0 Å². The van der Waals surface area contributed by atoms with E-state index in [1.807, 2.05) is 18.7 Å². The fourth-order valence-electron chi connectivity index (χ4n) is 2.05. The van der Waals surface area contributed by atoms with Gasteiger partial charge in [0.2, 0.25) is 0 Å². The molecule has 2 rings (SSSR count). The number of hydrogen-bond donors (Lipinski definition) is 1. The van der Waals surface area contributed by atoms with Crippen molar-refractivity contribution in [3.05, 3.63) is 5.69 Å². The second kappa shape index (κ2) is 5.61. The maximum Gasteiger partial charge on any atom is 0.150 e. The van der Waals surface area contributed by atoms with Gasteiger partial charge >= 0.3 is 0 Å². The Hall–Kier alpha value is -1.23. The molecule has 1 aromatic heterocycles. The zero-order valence-electron chi connectivity index (χ0n) is 11.6. The third-order valence-corrected chi connectivity index (χ3v) is 3.43. The van der Waals surface area contributed by atoms with E-state index in [9.17, 15) is 0 Å². The van der Waals surface area contributed by atoms with E-state index >= 15 is 0 Å². The van der Waals surface area contributed by atoms with Crippen LogP contribution in [0.4, 0.5) is 11.5 Å². The van der Waals surface area contributed by atoms with Gasteiger partial charge in [0.15, 0.2) is 0 Å². The van der Waals surface area contributed by atoms with Crippen molar-refractivity contribution in [1.29, 1.82) is 0 Å². The van der Waals surface area contributed by atoms with Crippen LogP contribution in [0.15, 0.2) is 0 Å². The molecule has 0 aromatic carbocycles. The highest BCUT2D eigenvalue weighted by atomic mass is 16.5. The quantitative estimate of drug-likeness (QED) is 0.750. The summed E-state index contributed by atoms with van der Waals surface area (Å²) in [5, 5.41) is 4.43. The molecule has 1 heterocycles. The number of rotatable bonds is 7. The second-order valence-corrected chi connectivity index (χ2v) is 5.08. The van der Waals surface area contributed by atoms with E-state index in [0.29, 0.717) is 0 Å². The van der Waals surface area contributed by atoms with E-state index in [1.165, 1.54) is 12.8 Å². The molecule has 0 atom stereocenters. The summed E-state index contributed by atoms with van der Waals surface area (Å²) >= 11 is 0. The topological polar surface area (TPSA) is 56.3 Å². The first-order valence-electron chi connectivity index (χ1n) is 6.75. The van der Waals surface area contributed by atoms with Crippen molar-refractivity contribution in [2.45, 2.75) is 33.2 Å². The standard InChI is InChI=1S/C13H24N4O/c1-4-17-13(12(14)10(2)15-17)16(3)7-8-18-9-11-5-6-11/h11H,4-9,14H2,1-3H3. The van der Waals surface area contributed by atoms with Gasteiger partial charge < -0.3 is 15.4 Å². The van der Waals surface area contributed by atoms with Crippen LogP contribution in [0.25, 0.3) is 0 Å². The van der Waals surface area contributed by atoms with Gasteiger partial charge in [-0.05, 0) is 32.6 Å². The van der Waals surface area contributed by atoms with Crippen LogP contribution in [-0.2, 0) is 11.3 Å². The van der Waals surface area contributed by atoms with Crippen molar-refractivity contribution in [2.24, 2.45) is 5.92 Å². The van der Waals surface area contributed by atoms with Crippen LogP contribution >= 0.6 is 0 Å². The van der Waals surface area contributed by atoms with E-state index in [1.54, 1.807) is 0 Å². The molecule has 0 saturated heterocycles. The Labute approximate surface area is 109 Å². The average molecular weight is 252 g/mol. The molecule has 2 N–H and O–H groups in total. The molecule has 18 heavy (non-hydrogen) atoms. The third-order valence-electron chi connectivity index (χ3n) is 3.43. The zero-order valence-corrected chi connectivity index (χ0v) is 11.6. The van der Waals surface area contributed by atoms with Crippen LogP contribution in [0.5, 0.6) is 0 Å². The normalized spacial score (nSPS) is 15.1. The second-order valence-electron chi connectivity index (χ2n) is 5.08. The third kappa shape index (κ3) is 2.96. The zero-order chi connectivity index (χ0) is 13.1. The SMILES string of the molecule is CCn1nc(C)c(N)c1N(C)CCOCC1CC1. The summed E-state index contributed by atoms with van der Waals surface area (Å²) in [4.78, 5) is 2.13. The van der Waals surface area contributed by atoms with Crippen LogP contribution in [0.1, 0.15) is 25.5 Å². The lowest BCUT2D eigenvalue weighted by atomic mass is 10.3. The summed E-state index contributed by atoms with van der Waals surface area (Å²) in [6.45, 7) is 7.37. The lowest BCUT2D eigenvalue weighted by Gasteiger charge is -2.20. The Morgan fingerprint density at radius 2 is 2.22 bits per heavy atom. The van der Waals surface area contributed by atoms with Crippen LogP contribution in [0.2, 0.25) is 0 Å². The highest BCUT2D eigenvalue weighted by Gasteiger charge is 2.21. The van der Waals surface area contributed by atoms with E-state index in [0.717, 1.165) is 49.4 Å².